The highest BCUT2D eigenvalue weighted by molar-refractivity contribution is 7.92. The monoisotopic (exact) mass is 332 g/mol. The molecule has 0 aromatic heterocycles. The first-order valence-corrected chi connectivity index (χ1v) is 8.62. The number of aryl methyl sites for hydroxylation is 2. The molecule has 0 saturated carbocycles. The third-order valence-electron chi connectivity index (χ3n) is 4.20. The zero-order valence-corrected chi connectivity index (χ0v) is 13.6. The predicted molar refractivity (Wildman–Crippen MR) is 87.2 cm³/mol. The van der Waals surface area contributed by atoms with E-state index in [9.17, 15) is 18.5 Å². The summed E-state index contributed by atoms with van der Waals surface area (Å²) in [6.45, 7) is 4.07. The van der Waals surface area contributed by atoms with Crippen molar-refractivity contribution >= 4 is 21.4 Å². The SMILES string of the molecule is Cc1ccc(S(=O)(=O)N2CCc3ccc([N+](=O)[O-])cc32)cc1C. The molecule has 23 heavy (non-hydrogen) atoms. The molecule has 1 heterocycles. The lowest BCUT2D eigenvalue weighted by Gasteiger charge is -2.20. The van der Waals surface area contributed by atoms with Crippen LogP contribution in [0.1, 0.15) is 16.7 Å². The molecule has 6 nitrogen and oxygen atoms in total. The molecule has 0 unspecified atom stereocenters. The van der Waals surface area contributed by atoms with Gasteiger partial charge in [0, 0.05) is 18.7 Å². The van der Waals surface area contributed by atoms with Crippen molar-refractivity contribution in [3.63, 3.8) is 0 Å². The summed E-state index contributed by atoms with van der Waals surface area (Å²) in [5, 5.41) is 10.9. The highest BCUT2D eigenvalue weighted by atomic mass is 32.2. The minimum atomic E-state index is -3.72. The lowest BCUT2D eigenvalue weighted by molar-refractivity contribution is -0.384. The standard InChI is InChI=1S/C16H16N2O4S/c1-11-3-6-15(9-12(11)2)23(21,22)17-8-7-13-4-5-14(18(19)20)10-16(13)17/h3-6,9-10H,7-8H2,1-2H3. The van der Waals surface area contributed by atoms with Gasteiger partial charge in [0.25, 0.3) is 15.7 Å². The first kappa shape index (κ1) is 15.5. The Kier molecular flexibility index (Phi) is 3.60. The summed E-state index contributed by atoms with van der Waals surface area (Å²) in [5.41, 5.74) is 3.01. The van der Waals surface area contributed by atoms with Crippen LogP contribution in [0, 0.1) is 24.0 Å². The van der Waals surface area contributed by atoms with E-state index >= 15 is 0 Å². The van der Waals surface area contributed by atoms with E-state index in [4.69, 9.17) is 0 Å². The maximum atomic E-state index is 12.9. The summed E-state index contributed by atoms with van der Waals surface area (Å²) in [6, 6.07) is 9.36. The van der Waals surface area contributed by atoms with E-state index in [1.807, 2.05) is 13.8 Å². The van der Waals surface area contributed by atoms with Gasteiger partial charge in [0.15, 0.2) is 0 Å². The van der Waals surface area contributed by atoms with Crippen molar-refractivity contribution < 1.29 is 13.3 Å². The Bertz CT molecular complexity index is 906. The minimum absolute atomic E-state index is 0.106. The van der Waals surface area contributed by atoms with E-state index in [0.29, 0.717) is 18.7 Å². The third-order valence-corrected chi connectivity index (χ3v) is 6.01. The van der Waals surface area contributed by atoms with Crippen LogP contribution in [-0.4, -0.2) is 19.9 Å². The second-order valence-corrected chi connectivity index (χ2v) is 7.51. The maximum Gasteiger partial charge on any atom is 0.271 e. The summed E-state index contributed by atoms with van der Waals surface area (Å²) < 4.78 is 27.1. The Balaban J connectivity index is 2.08. The Labute approximate surface area is 134 Å². The quantitative estimate of drug-likeness (QED) is 0.639. The van der Waals surface area contributed by atoms with Gasteiger partial charge in [-0.25, -0.2) is 8.42 Å². The number of hydrogen-bond donors (Lipinski definition) is 0. The minimum Gasteiger partial charge on any atom is -0.265 e. The molecule has 0 radical (unpaired) electrons. The smallest absolute Gasteiger partial charge is 0.265 e. The van der Waals surface area contributed by atoms with Gasteiger partial charge in [-0.15, -0.1) is 0 Å². The molecule has 0 N–H and O–H groups in total. The molecule has 0 aliphatic carbocycles. The number of anilines is 1. The molecule has 120 valence electrons. The number of rotatable bonds is 3. The second kappa shape index (κ2) is 5.34. The zero-order chi connectivity index (χ0) is 16.8. The summed E-state index contributed by atoms with van der Waals surface area (Å²) in [4.78, 5) is 10.6. The number of fused-ring (bicyclic) bond motifs is 1. The molecule has 0 fully saturated rings. The Hall–Kier alpha value is -2.41. The number of nitro benzene ring substituents is 1. The fourth-order valence-corrected chi connectivity index (χ4v) is 4.28. The van der Waals surface area contributed by atoms with Crippen LogP contribution in [0.2, 0.25) is 0 Å². The summed E-state index contributed by atoms with van der Waals surface area (Å²) in [7, 11) is -3.72. The molecule has 3 rings (SSSR count). The number of benzene rings is 2. The van der Waals surface area contributed by atoms with Gasteiger partial charge >= 0.3 is 0 Å². The van der Waals surface area contributed by atoms with E-state index in [2.05, 4.69) is 0 Å². The largest absolute Gasteiger partial charge is 0.271 e. The topological polar surface area (TPSA) is 80.5 Å². The van der Waals surface area contributed by atoms with E-state index in [1.165, 1.54) is 16.4 Å². The summed E-state index contributed by atoms with van der Waals surface area (Å²) in [6.07, 6.45) is 0.553. The maximum absolute atomic E-state index is 12.9. The van der Waals surface area contributed by atoms with Gasteiger partial charge in [-0.2, -0.15) is 0 Å². The molecule has 2 aromatic rings. The molecule has 1 aliphatic rings. The average Bonchev–Trinajstić information content (AvgIpc) is 2.93. The van der Waals surface area contributed by atoms with Crippen LogP contribution in [0.5, 0.6) is 0 Å². The van der Waals surface area contributed by atoms with Crippen molar-refractivity contribution in [3.05, 3.63) is 63.2 Å². The molecule has 0 spiro atoms. The van der Waals surface area contributed by atoms with Crippen molar-refractivity contribution in [2.45, 2.75) is 25.2 Å². The lowest BCUT2D eigenvalue weighted by atomic mass is 10.1. The number of non-ortho nitro benzene ring substituents is 1. The van der Waals surface area contributed by atoms with Crippen molar-refractivity contribution in [1.29, 1.82) is 0 Å². The average molecular weight is 332 g/mol. The Morgan fingerprint density at radius 2 is 1.83 bits per heavy atom. The molecular formula is C16H16N2O4S. The second-order valence-electron chi connectivity index (χ2n) is 5.64. The van der Waals surface area contributed by atoms with Crippen molar-refractivity contribution in [3.8, 4) is 0 Å². The molecule has 0 bridgehead atoms. The van der Waals surface area contributed by atoms with Crippen molar-refractivity contribution in [2.24, 2.45) is 0 Å². The van der Waals surface area contributed by atoms with Crippen LogP contribution in [0.4, 0.5) is 11.4 Å². The van der Waals surface area contributed by atoms with Gasteiger partial charge in [-0.05, 0) is 49.1 Å². The van der Waals surface area contributed by atoms with Crippen LogP contribution in [0.25, 0.3) is 0 Å². The first-order chi connectivity index (χ1) is 10.8. The molecule has 7 heteroatoms. The van der Waals surface area contributed by atoms with Crippen LogP contribution in [0.15, 0.2) is 41.3 Å². The Morgan fingerprint density at radius 3 is 2.48 bits per heavy atom. The van der Waals surface area contributed by atoms with Gasteiger partial charge in [0.05, 0.1) is 15.5 Å². The molecular weight excluding hydrogens is 316 g/mol. The highest BCUT2D eigenvalue weighted by Gasteiger charge is 2.32. The van der Waals surface area contributed by atoms with Crippen LogP contribution >= 0.6 is 0 Å². The van der Waals surface area contributed by atoms with Crippen molar-refractivity contribution in [1.82, 2.24) is 0 Å². The number of hydrogen-bond acceptors (Lipinski definition) is 4. The first-order valence-electron chi connectivity index (χ1n) is 7.18. The van der Waals surface area contributed by atoms with Gasteiger partial charge in [-0.3, -0.25) is 14.4 Å². The molecule has 0 amide bonds. The number of nitro groups is 1. The predicted octanol–water partition coefficient (Wildman–Crippen LogP) is 2.96. The fraction of sp³-hybridized carbons (Fsp3) is 0.250. The lowest BCUT2D eigenvalue weighted by Crippen LogP contribution is -2.29. The van der Waals surface area contributed by atoms with Gasteiger partial charge < -0.3 is 0 Å². The number of sulfonamides is 1. The van der Waals surface area contributed by atoms with Gasteiger partial charge in [-0.1, -0.05) is 12.1 Å². The fourth-order valence-electron chi connectivity index (χ4n) is 2.70. The van der Waals surface area contributed by atoms with Crippen LogP contribution in [-0.2, 0) is 16.4 Å². The van der Waals surface area contributed by atoms with Gasteiger partial charge in [0.1, 0.15) is 0 Å². The van der Waals surface area contributed by atoms with Crippen LogP contribution < -0.4 is 4.31 Å². The van der Waals surface area contributed by atoms with E-state index < -0.39 is 14.9 Å². The zero-order valence-electron chi connectivity index (χ0n) is 12.8. The number of nitrogens with zero attached hydrogens (tertiary/aromatic N) is 2. The van der Waals surface area contributed by atoms with E-state index in [-0.39, 0.29) is 10.6 Å². The normalized spacial score (nSPS) is 13.9. The highest BCUT2D eigenvalue weighted by Crippen LogP contribution is 2.35. The van der Waals surface area contributed by atoms with E-state index in [1.54, 1.807) is 24.3 Å². The van der Waals surface area contributed by atoms with E-state index in [0.717, 1.165) is 16.7 Å². The van der Waals surface area contributed by atoms with Gasteiger partial charge in [0.2, 0.25) is 0 Å². The summed E-state index contributed by atoms with van der Waals surface area (Å²) in [5.74, 6) is 0. The van der Waals surface area contributed by atoms with Crippen LogP contribution in [0.3, 0.4) is 0 Å². The summed E-state index contributed by atoms with van der Waals surface area (Å²) >= 11 is 0. The third kappa shape index (κ3) is 2.57. The van der Waals surface area contributed by atoms with Crippen molar-refractivity contribution in [2.75, 3.05) is 10.8 Å². The molecule has 1 aliphatic heterocycles. The molecule has 0 atom stereocenters. The molecule has 0 saturated heterocycles. The molecule has 2 aromatic carbocycles. The Morgan fingerprint density at radius 1 is 1.09 bits per heavy atom.